The molecule has 0 aliphatic rings. The molecule has 2 aromatic rings. The first kappa shape index (κ1) is 12.9. The van der Waals surface area contributed by atoms with E-state index in [4.69, 9.17) is 10.5 Å². The van der Waals surface area contributed by atoms with Crippen molar-refractivity contribution in [3.63, 3.8) is 0 Å². The van der Waals surface area contributed by atoms with E-state index in [1.807, 2.05) is 19.9 Å². The Morgan fingerprint density at radius 2 is 2.32 bits per heavy atom. The zero-order chi connectivity index (χ0) is 13.8. The number of hydrogen-bond acceptors (Lipinski definition) is 5. The summed E-state index contributed by atoms with van der Waals surface area (Å²) in [5, 5.41) is 8.78. The minimum Gasteiger partial charge on any atom is -0.494 e. The zero-order valence-corrected chi connectivity index (χ0v) is 10.7. The molecule has 1 aromatic heterocycles. The van der Waals surface area contributed by atoms with Gasteiger partial charge in [0.15, 0.2) is 0 Å². The van der Waals surface area contributed by atoms with E-state index in [9.17, 15) is 4.79 Å². The lowest BCUT2D eigenvalue weighted by Crippen LogP contribution is -2.14. The molecule has 1 aromatic carbocycles. The fraction of sp³-hybridized carbons (Fsp3) is 0.250. The summed E-state index contributed by atoms with van der Waals surface area (Å²) in [6.45, 7) is 4.40. The predicted molar refractivity (Wildman–Crippen MR) is 71.1 cm³/mol. The van der Waals surface area contributed by atoms with Crippen molar-refractivity contribution in [2.75, 3.05) is 17.7 Å². The predicted octanol–water partition coefficient (Wildman–Crippen LogP) is 1.35. The normalized spacial score (nSPS) is 10.2. The molecule has 0 saturated carbocycles. The third kappa shape index (κ3) is 3.01. The molecule has 19 heavy (non-hydrogen) atoms. The van der Waals surface area contributed by atoms with Gasteiger partial charge >= 0.3 is 0 Å². The molecule has 7 heteroatoms. The maximum Gasteiger partial charge on any atom is 0.293 e. The molecule has 0 fully saturated rings. The first-order valence-electron chi connectivity index (χ1n) is 5.83. The van der Waals surface area contributed by atoms with Crippen LogP contribution in [0.3, 0.4) is 0 Å². The smallest absolute Gasteiger partial charge is 0.293 e. The summed E-state index contributed by atoms with van der Waals surface area (Å²) in [6, 6.07) is 5.42. The van der Waals surface area contributed by atoms with Gasteiger partial charge in [-0.3, -0.25) is 9.89 Å². The maximum absolute atomic E-state index is 11.9. The van der Waals surface area contributed by atoms with Crippen molar-refractivity contribution in [3.8, 4) is 5.75 Å². The fourth-order valence-corrected chi connectivity index (χ4v) is 1.59. The molecule has 4 N–H and O–H groups in total. The van der Waals surface area contributed by atoms with Crippen molar-refractivity contribution in [1.82, 2.24) is 15.2 Å². The summed E-state index contributed by atoms with van der Waals surface area (Å²) in [4.78, 5) is 15.6. The van der Waals surface area contributed by atoms with Crippen molar-refractivity contribution < 1.29 is 9.53 Å². The van der Waals surface area contributed by atoms with Gasteiger partial charge in [-0.05, 0) is 37.6 Å². The average Bonchev–Trinajstić information content (AvgIpc) is 2.80. The molecular formula is C12H15N5O2. The molecule has 0 aliphatic heterocycles. The Bertz CT molecular complexity index is 594. The summed E-state index contributed by atoms with van der Waals surface area (Å²) < 4.78 is 5.38. The van der Waals surface area contributed by atoms with Crippen molar-refractivity contribution >= 4 is 17.5 Å². The van der Waals surface area contributed by atoms with Crippen LogP contribution in [-0.4, -0.2) is 27.7 Å². The number of carbonyl (C=O) groups excluding carboxylic acids is 1. The summed E-state index contributed by atoms with van der Waals surface area (Å²) in [5.74, 6) is 0.484. The maximum atomic E-state index is 11.9. The van der Waals surface area contributed by atoms with Crippen LogP contribution in [0, 0.1) is 6.92 Å². The number of anilines is 2. The third-order valence-electron chi connectivity index (χ3n) is 2.47. The minimum absolute atomic E-state index is 0.0357. The summed E-state index contributed by atoms with van der Waals surface area (Å²) in [6.07, 6.45) is 0. The Hall–Kier alpha value is -2.57. The number of nitrogens with one attached hydrogen (secondary N) is 2. The number of nitrogens with two attached hydrogens (primary N) is 1. The van der Waals surface area contributed by atoms with Gasteiger partial charge in [-0.2, -0.15) is 4.98 Å². The number of H-pyrrole nitrogens is 1. The van der Waals surface area contributed by atoms with Crippen molar-refractivity contribution in [3.05, 3.63) is 29.6 Å². The van der Waals surface area contributed by atoms with Gasteiger partial charge in [0.05, 0.1) is 6.61 Å². The number of nitrogens with zero attached hydrogens (tertiary/aromatic N) is 2. The number of benzene rings is 1. The number of hydrogen-bond donors (Lipinski definition) is 3. The van der Waals surface area contributed by atoms with E-state index in [1.165, 1.54) is 0 Å². The molecule has 0 radical (unpaired) electrons. The second-order valence-electron chi connectivity index (χ2n) is 3.91. The van der Waals surface area contributed by atoms with Crippen LogP contribution in [-0.2, 0) is 0 Å². The topological polar surface area (TPSA) is 106 Å². The highest BCUT2D eigenvalue weighted by Crippen LogP contribution is 2.21. The van der Waals surface area contributed by atoms with Gasteiger partial charge in [-0.15, -0.1) is 5.10 Å². The van der Waals surface area contributed by atoms with E-state index in [0.717, 1.165) is 11.3 Å². The van der Waals surface area contributed by atoms with Gasteiger partial charge in [0.25, 0.3) is 5.91 Å². The molecule has 2 rings (SSSR count). The molecule has 0 bridgehead atoms. The van der Waals surface area contributed by atoms with E-state index in [0.29, 0.717) is 12.3 Å². The monoisotopic (exact) mass is 261 g/mol. The highest BCUT2D eigenvalue weighted by atomic mass is 16.5. The molecular weight excluding hydrogens is 246 g/mol. The van der Waals surface area contributed by atoms with Crippen LogP contribution < -0.4 is 15.8 Å². The number of ether oxygens (including phenoxy) is 1. The van der Waals surface area contributed by atoms with Gasteiger partial charge in [0.2, 0.25) is 11.8 Å². The molecule has 1 amide bonds. The molecule has 0 spiro atoms. The van der Waals surface area contributed by atoms with Gasteiger partial charge in [0, 0.05) is 5.69 Å². The number of aromatic nitrogens is 3. The van der Waals surface area contributed by atoms with Crippen molar-refractivity contribution in [1.29, 1.82) is 0 Å². The molecule has 1 heterocycles. The molecule has 100 valence electrons. The SMILES string of the molecule is CCOc1ccc(NC(=O)c2nc(N)n[nH]2)c(C)c1. The van der Waals surface area contributed by atoms with Crippen LogP contribution in [0.1, 0.15) is 23.1 Å². The lowest BCUT2D eigenvalue weighted by Gasteiger charge is -2.09. The van der Waals surface area contributed by atoms with Crippen LogP contribution in [0.15, 0.2) is 18.2 Å². The van der Waals surface area contributed by atoms with E-state index >= 15 is 0 Å². The zero-order valence-electron chi connectivity index (χ0n) is 10.7. The molecule has 0 unspecified atom stereocenters. The molecule has 0 aliphatic carbocycles. The minimum atomic E-state index is -0.392. The summed E-state index contributed by atoms with van der Waals surface area (Å²) in [5.41, 5.74) is 6.92. The van der Waals surface area contributed by atoms with E-state index < -0.39 is 5.91 Å². The van der Waals surface area contributed by atoms with Crippen LogP contribution in [0.25, 0.3) is 0 Å². The van der Waals surface area contributed by atoms with E-state index in [2.05, 4.69) is 20.5 Å². The number of aryl methyl sites for hydroxylation is 1. The molecule has 0 saturated heterocycles. The Kier molecular flexibility index (Phi) is 3.65. The lowest BCUT2D eigenvalue weighted by atomic mass is 10.2. The number of rotatable bonds is 4. The molecule has 7 nitrogen and oxygen atoms in total. The van der Waals surface area contributed by atoms with Gasteiger partial charge < -0.3 is 15.8 Å². The van der Waals surface area contributed by atoms with Crippen molar-refractivity contribution in [2.24, 2.45) is 0 Å². The van der Waals surface area contributed by atoms with E-state index in [-0.39, 0.29) is 11.8 Å². The van der Waals surface area contributed by atoms with Crippen LogP contribution in [0.4, 0.5) is 11.6 Å². The molecule has 0 atom stereocenters. The standard InChI is InChI=1S/C12H15N5O2/c1-3-19-8-4-5-9(7(2)6-8)14-11(18)10-15-12(13)17-16-10/h4-6H,3H2,1-2H3,(H,14,18)(H3,13,15,16,17). The Balaban J connectivity index is 2.13. The Labute approximate surface area is 110 Å². The highest BCUT2D eigenvalue weighted by molar-refractivity contribution is 6.02. The number of carbonyl (C=O) groups is 1. The van der Waals surface area contributed by atoms with Crippen LogP contribution in [0.2, 0.25) is 0 Å². The Morgan fingerprint density at radius 3 is 2.89 bits per heavy atom. The third-order valence-corrected chi connectivity index (χ3v) is 2.47. The largest absolute Gasteiger partial charge is 0.494 e. The summed E-state index contributed by atoms with van der Waals surface area (Å²) in [7, 11) is 0. The second-order valence-corrected chi connectivity index (χ2v) is 3.91. The van der Waals surface area contributed by atoms with Crippen LogP contribution in [0.5, 0.6) is 5.75 Å². The van der Waals surface area contributed by atoms with Gasteiger partial charge in [-0.1, -0.05) is 0 Å². The highest BCUT2D eigenvalue weighted by Gasteiger charge is 2.12. The van der Waals surface area contributed by atoms with Crippen LogP contribution >= 0.6 is 0 Å². The van der Waals surface area contributed by atoms with Gasteiger partial charge in [-0.25, -0.2) is 0 Å². The quantitative estimate of drug-likeness (QED) is 0.770. The lowest BCUT2D eigenvalue weighted by molar-refractivity contribution is 0.101. The van der Waals surface area contributed by atoms with Gasteiger partial charge in [0.1, 0.15) is 5.75 Å². The first-order valence-corrected chi connectivity index (χ1v) is 5.83. The second kappa shape index (κ2) is 5.38. The fourth-order valence-electron chi connectivity index (χ4n) is 1.59. The number of amides is 1. The van der Waals surface area contributed by atoms with E-state index in [1.54, 1.807) is 12.1 Å². The first-order chi connectivity index (χ1) is 9.10. The average molecular weight is 261 g/mol. The number of aromatic amines is 1. The van der Waals surface area contributed by atoms with Crippen molar-refractivity contribution in [2.45, 2.75) is 13.8 Å². The number of nitrogen functional groups attached to an aromatic ring is 1. The summed E-state index contributed by atoms with van der Waals surface area (Å²) >= 11 is 0. The Morgan fingerprint density at radius 1 is 1.53 bits per heavy atom.